The molecule has 24 heavy (non-hydrogen) atoms. The highest BCUT2D eigenvalue weighted by molar-refractivity contribution is 7.93. The van der Waals surface area contributed by atoms with E-state index in [4.69, 9.17) is 0 Å². The third-order valence-corrected chi connectivity index (χ3v) is 6.49. The largest absolute Gasteiger partial charge is 0.516 e. The van der Waals surface area contributed by atoms with Crippen molar-refractivity contribution in [3.8, 4) is 0 Å². The molecule has 0 aliphatic heterocycles. The molecule has 0 radical (unpaired) electrons. The maximum absolute atomic E-state index is 12.5. The van der Waals surface area contributed by atoms with Gasteiger partial charge in [-0.3, -0.25) is 4.72 Å². The smallest absolute Gasteiger partial charge is 0.276 e. The SMILES string of the molecule is CCc1cc(S(=O)(=O)N(CC)CC)ccc1NS(=O)(=O)C(F)(F)F. The molecule has 1 rings (SSSR count). The fourth-order valence-electron chi connectivity index (χ4n) is 2.04. The summed E-state index contributed by atoms with van der Waals surface area (Å²) in [7, 11) is -9.36. The van der Waals surface area contributed by atoms with Gasteiger partial charge in [0.1, 0.15) is 0 Å². The first-order chi connectivity index (χ1) is 10.9. The molecule has 0 bridgehead atoms. The zero-order valence-electron chi connectivity index (χ0n) is 13.4. The molecule has 138 valence electrons. The molecule has 6 nitrogen and oxygen atoms in total. The molecular weight excluding hydrogens is 369 g/mol. The highest BCUT2D eigenvalue weighted by Crippen LogP contribution is 2.29. The number of hydrogen-bond donors (Lipinski definition) is 1. The van der Waals surface area contributed by atoms with Crippen LogP contribution in [0.2, 0.25) is 0 Å². The molecule has 11 heteroatoms. The van der Waals surface area contributed by atoms with E-state index in [0.717, 1.165) is 12.1 Å². The fourth-order valence-corrected chi connectivity index (χ4v) is 4.15. The standard InChI is InChI=1S/C13H19F3N2O4S2/c1-4-10-9-11(23(19,20)18(5-2)6-3)7-8-12(10)17-24(21,22)13(14,15)16/h7-9,17H,4-6H2,1-3H3. The number of nitrogens with zero attached hydrogens (tertiary/aromatic N) is 1. The van der Waals surface area contributed by atoms with Gasteiger partial charge in [0.2, 0.25) is 10.0 Å². The molecule has 1 aromatic carbocycles. The summed E-state index contributed by atoms with van der Waals surface area (Å²) in [4.78, 5) is -0.0991. The van der Waals surface area contributed by atoms with Crippen molar-refractivity contribution in [3.63, 3.8) is 0 Å². The highest BCUT2D eigenvalue weighted by Gasteiger charge is 2.46. The molecule has 1 aromatic rings. The van der Waals surface area contributed by atoms with Crippen molar-refractivity contribution in [2.45, 2.75) is 37.6 Å². The number of rotatable bonds is 7. The number of alkyl halides is 3. The Morgan fingerprint density at radius 1 is 1.04 bits per heavy atom. The van der Waals surface area contributed by atoms with Gasteiger partial charge < -0.3 is 0 Å². The van der Waals surface area contributed by atoms with Gasteiger partial charge in [-0.05, 0) is 30.2 Å². The summed E-state index contributed by atoms with van der Waals surface area (Å²) in [6.45, 7) is 5.38. The second-order valence-electron chi connectivity index (χ2n) is 4.81. The van der Waals surface area contributed by atoms with E-state index < -0.39 is 25.6 Å². The van der Waals surface area contributed by atoms with Crippen molar-refractivity contribution in [3.05, 3.63) is 23.8 Å². The number of hydrogen-bond acceptors (Lipinski definition) is 4. The molecule has 1 N–H and O–H groups in total. The van der Waals surface area contributed by atoms with Gasteiger partial charge in [-0.25, -0.2) is 8.42 Å². The molecule has 0 amide bonds. The number of anilines is 1. The molecule has 0 atom stereocenters. The van der Waals surface area contributed by atoms with Crippen molar-refractivity contribution in [1.29, 1.82) is 0 Å². The van der Waals surface area contributed by atoms with Crippen molar-refractivity contribution in [2.24, 2.45) is 0 Å². The lowest BCUT2D eigenvalue weighted by Gasteiger charge is -2.20. The molecule has 0 spiro atoms. The fraction of sp³-hybridized carbons (Fsp3) is 0.538. The summed E-state index contributed by atoms with van der Waals surface area (Å²) in [5.41, 5.74) is -5.60. The maximum atomic E-state index is 12.5. The average molecular weight is 388 g/mol. The average Bonchev–Trinajstić information content (AvgIpc) is 2.46. The van der Waals surface area contributed by atoms with Gasteiger partial charge in [0.25, 0.3) is 0 Å². The first-order valence-electron chi connectivity index (χ1n) is 7.12. The molecular formula is C13H19F3N2O4S2. The van der Waals surface area contributed by atoms with Crippen molar-refractivity contribution in [2.75, 3.05) is 17.8 Å². The molecule has 0 aliphatic rings. The van der Waals surface area contributed by atoms with Crippen LogP contribution in [-0.4, -0.2) is 39.7 Å². The Morgan fingerprint density at radius 2 is 1.58 bits per heavy atom. The molecule has 0 fully saturated rings. The van der Waals surface area contributed by atoms with Gasteiger partial charge >= 0.3 is 15.5 Å². The lowest BCUT2D eigenvalue weighted by Crippen LogP contribution is -2.31. The number of benzene rings is 1. The van der Waals surface area contributed by atoms with E-state index in [2.05, 4.69) is 0 Å². The highest BCUT2D eigenvalue weighted by atomic mass is 32.2. The van der Waals surface area contributed by atoms with Gasteiger partial charge in [-0.2, -0.15) is 25.9 Å². The Bertz CT molecular complexity index is 786. The van der Waals surface area contributed by atoms with Crippen LogP contribution in [-0.2, 0) is 26.5 Å². The quantitative estimate of drug-likeness (QED) is 0.778. The monoisotopic (exact) mass is 388 g/mol. The maximum Gasteiger partial charge on any atom is 0.516 e. The van der Waals surface area contributed by atoms with Crippen molar-refractivity contribution >= 4 is 25.7 Å². The van der Waals surface area contributed by atoms with Crippen LogP contribution in [0.5, 0.6) is 0 Å². The molecule has 0 heterocycles. The number of halogens is 3. The zero-order valence-corrected chi connectivity index (χ0v) is 15.0. The molecule has 0 aromatic heterocycles. The van der Waals surface area contributed by atoms with Crippen LogP contribution in [0.4, 0.5) is 18.9 Å². The van der Waals surface area contributed by atoms with Crippen molar-refractivity contribution < 1.29 is 30.0 Å². The first kappa shape index (κ1) is 20.7. The summed E-state index contributed by atoms with van der Waals surface area (Å²) < 4.78 is 87.3. The van der Waals surface area contributed by atoms with Crippen LogP contribution in [0.3, 0.4) is 0 Å². The minimum Gasteiger partial charge on any atom is -0.276 e. The van der Waals surface area contributed by atoms with E-state index in [1.165, 1.54) is 15.1 Å². The van der Waals surface area contributed by atoms with Gasteiger partial charge in [0.05, 0.1) is 10.6 Å². The zero-order chi connectivity index (χ0) is 18.8. The Hall–Kier alpha value is -1.33. The van der Waals surface area contributed by atoms with Crippen molar-refractivity contribution in [1.82, 2.24) is 4.31 Å². The summed E-state index contributed by atoms with van der Waals surface area (Å²) in [6, 6.07) is 3.29. The van der Waals surface area contributed by atoms with Gasteiger partial charge in [-0.15, -0.1) is 0 Å². The Kier molecular flexibility index (Phi) is 6.28. The summed E-state index contributed by atoms with van der Waals surface area (Å²) in [5.74, 6) is 0. The lowest BCUT2D eigenvalue weighted by atomic mass is 10.1. The van der Waals surface area contributed by atoms with Crippen LogP contribution < -0.4 is 4.72 Å². The second kappa shape index (κ2) is 7.28. The normalized spacial score (nSPS) is 13.3. The second-order valence-corrected chi connectivity index (χ2v) is 8.42. The third-order valence-electron chi connectivity index (χ3n) is 3.35. The van der Waals surface area contributed by atoms with E-state index in [0.29, 0.717) is 0 Å². The van der Waals surface area contributed by atoms with Crippen LogP contribution in [0, 0.1) is 0 Å². The predicted molar refractivity (Wildman–Crippen MR) is 84.5 cm³/mol. The molecule has 0 aliphatic carbocycles. The van der Waals surface area contributed by atoms with E-state index >= 15 is 0 Å². The number of aryl methyl sites for hydroxylation is 1. The third kappa shape index (κ3) is 4.19. The summed E-state index contributed by atoms with van der Waals surface area (Å²) in [5, 5.41) is 0. The summed E-state index contributed by atoms with van der Waals surface area (Å²) >= 11 is 0. The van der Waals surface area contributed by atoms with Crippen LogP contribution >= 0.6 is 0 Å². The van der Waals surface area contributed by atoms with E-state index in [1.807, 2.05) is 0 Å². The van der Waals surface area contributed by atoms with Gasteiger partial charge in [0, 0.05) is 13.1 Å². The van der Waals surface area contributed by atoms with Crippen LogP contribution in [0.25, 0.3) is 0 Å². The minimum atomic E-state index is -5.57. The topological polar surface area (TPSA) is 83.6 Å². The van der Waals surface area contributed by atoms with Gasteiger partial charge in [-0.1, -0.05) is 20.8 Å². The number of nitrogens with one attached hydrogen (secondary N) is 1. The van der Waals surface area contributed by atoms with E-state index in [1.54, 1.807) is 20.8 Å². The molecule has 0 saturated carbocycles. The predicted octanol–water partition coefficient (Wildman–Crippen LogP) is 2.54. The van der Waals surface area contributed by atoms with Crippen LogP contribution in [0.15, 0.2) is 23.1 Å². The Morgan fingerprint density at radius 3 is 2.00 bits per heavy atom. The van der Waals surface area contributed by atoms with E-state index in [-0.39, 0.29) is 35.7 Å². The summed E-state index contributed by atoms with van der Waals surface area (Å²) in [6.07, 6.45) is 0.150. The molecule has 0 saturated heterocycles. The number of sulfonamides is 2. The minimum absolute atomic E-state index is 0.0991. The first-order valence-corrected chi connectivity index (χ1v) is 10.0. The van der Waals surface area contributed by atoms with E-state index in [9.17, 15) is 30.0 Å². The van der Waals surface area contributed by atoms with Crippen LogP contribution in [0.1, 0.15) is 26.3 Å². The molecule has 0 unspecified atom stereocenters. The Labute approximate surface area is 139 Å². The Balaban J connectivity index is 3.33. The lowest BCUT2D eigenvalue weighted by molar-refractivity contribution is -0.0429. The van der Waals surface area contributed by atoms with Gasteiger partial charge in [0.15, 0.2) is 0 Å².